The fraction of sp³-hybridized carbons (Fsp3) is 0.368. The summed E-state index contributed by atoms with van der Waals surface area (Å²) in [6.07, 6.45) is -12.3. The minimum absolute atomic E-state index is 0.471. The molecule has 1 N–H and O–H groups in total. The molecule has 172 valence electrons. The molecule has 0 aliphatic carbocycles. The van der Waals surface area contributed by atoms with Gasteiger partial charge in [0.15, 0.2) is 0 Å². The van der Waals surface area contributed by atoms with E-state index >= 15 is 0 Å². The van der Waals surface area contributed by atoms with Gasteiger partial charge in [-0.25, -0.2) is 0 Å². The molecule has 0 fully saturated rings. The molecule has 0 radical (unpaired) electrons. The first-order valence-corrected chi connectivity index (χ1v) is 8.37. The molecule has 0 amide bonds. The number of aliphatic hydroxyl groups is 1. The van der Waals surface area contributed by atoms with Gasteiger partial charge >= 0.3 is 29.9 Å². The summed E-state index contributed by atoms with van der Waals surface area (Å²) in [5.74, 6) is -28.2. The van der Waals surface area contributed by atoms with Gasteiger partial charge in [0.2, 0.25) is 0 Å². The predicted octanol–water partition coefficient (Wildman–Crippen LogP) is 6.88. The van der Waals surface area contributed by atoms with Crippen LogP contribution in [0.1, 0.15) is 18.1 Å². The van der Waals surface area contributed by atoms with Crippen LogP contribution in [-0.4, -0.2) is 35.0 Å². The van der Waals surface area contributed by atoms with Crippen LogP contribution in [0, 0.1) is 0 Å². The Morgan fingerprint density at radius 2 is 1.03 bits per heavy atom. The summed E-state index contributed by atoms with van der Waals surface area (Å²) >= 11 is 0. The quantitative estimate of drug-likeness (QED) is 0.441. The van der Waals surface area contributed by atoms with Crippen molar-refractivity contribution >= 4 is 0 Å². The Bertz CT molecular complexity index is 874. The van der Waals surface area contributed by atoms with Gasteiger partial charge < -0.3 is 5.11 Å². The van der Waals surface area contributed by atoms with Crippen molar-refractivity contribution in [1.29, 1.82) is 0 Å². The van der Waals surface area contributed by atoms with Gasteiger partial charge in [-0.3, -0.25) is 0 Å². The lowest BCUT2D eigenvalue weighted by molar-refractivity contribution is -0.423. The highest BCUT2D eigenvalue weighted by molar-refractivity contribution is 5.63. The van der Waals surface area contributed by atoms with Crippen LogP contribution in [0.5, 0.6) is 0 Å². The van der Waals surface area contributed by atoms with Crippen LogP contribution in [-0.2, 0) is 0 Å². The number of hydrogen-bond donors (Lipinski definition) is 1. The SMILES string of the molecule is OC(CC(F)(F)C(F)(F)C(F)(F)C(F)(F)C(F)(F)F)c1ccc(-c2ccccc2)cc1. The van der Waals surface area contributed by atoms with Gasteiger partial charge in [0.1, 0.15) is 0 Å². The molecule has 0 aromatic heterocycles. The van der Waals surface area contributed by atoms with E-state index < -0.39 is 48.0 Å². The second kappa shape index (κ2) is 7.95. The monoisotopic (exact) mass is 466 g/mol. The third-order valence-electron chi connectivity index (χ3n) is 4.46. The van der Waals surface area contributed by atoms with Gasteiger partial charge in [-0.15, -0.1) is 0 Å². The molecule has 0 aliphatic heterocycles. The van der Waals surface area contributed by atoms with Crippen molar-refractivity contribution in [3.8, 4) is 11.1 Å². The van der Waals surface area contributed by atoms with Crippen molar-refractivity contribution in [3.05, 3.63) is 60.2 Å². The number of alkyl halides is 11. The zero-order chi connectivity index (χ0) is 23.9. The minimum atomic E-state index is -7.49. The molecule has 12 heteroatoms. The maximum Gasteiger partial charge on any atom is 0.460 e. The van der Waals surface area contributed by atoms with Crippen LogP contribution in [0.25, 0.3) is 11.1 Å². The molecule has 1 atom stereocenters. The summed E-state index contributed by atoms with van der Waals surface area (Å²) in [6, 6.07) is 12.9. The van der Waals surface area contributed by atoms with Gasteiger partial charge in [0.25, 0.3) is 0 Å². The topological polar surface area (TPSA) is 20.2 Å². The molecule has 0 saturated carbocycles. The smallest absolute Gasteiger partial charge is 0.388 e. The molecule has 0 spiro atoms. The van der Waals surface area contributed by atoms with E-state index in [2.05, 4.69) is 0 Å². The molecule has 1 nitrogen and oxygen atoms in total. The average Bonchev–Trinajstić information content (AvgIpc) is 2.67. The Balaban J connectivity index is 2.27. The Hall–Kier alpha value is -2.37. The molecular formula is C19H13F11O. The van der Waals surface area contributed by atoms with E-state index in [1.54, 1.807) is 30.3 Å². The fourth-order valence-corrected chi connectivity index (χ4v) is 2.62. The standard InChI is InChI=1S/C19H13F11O/c20-15(21,16(22,23)17(24,25)18(26,27)19(28,29)30)10-14(31)13-8-6-12(7-9-13)11-4-2-1-3-5-11/h1-9,14,31H,10H2. The molecule has 2 rings (SSSR count). The Labute approximate surface area is 168 Å². The first-order valence-electron chi connectivity index (χ1n) is 8.37. The summed E-state index contributed by atoms with van der Waals surface area (Å²) in [4.78, 5) is 0. The Morgan fingerprint density at radius 3 is 1.48 bits per heavy atom. The summed E-state index contributed by atoms with van der Waals surface area (Å²) in [5, 5.41) is 9.74. The Kier molecular flexibility index (Phi) is 6.39. The van der Waals surface area contributed by atoms with Crippen LogP contribution in [0.15, 0.2) is 54.6 Å². The van der Waals surface area contributed by atoms with Crippen LogP contribution in [0.2, 0.25) is 0 Å². The van der Waals surface area contributed by atoms with Crippen molar-refractivity contribution in [3.63, 3.8) is 0 Å². The molecule has 2 aromatic carbocycles. The van der Waals surface area contributed by atoms with Crippen molar-refractivity contribution in [2.24, 2.45) is 0 Å². The van der Waals surface area contributed by atoms with E-state index in [9.17, 15) is 53.4 Å². The molecule has 1 unspecified atom stereocenters. The molecule has 2 aromatic rings. The second-order valence-corrected chi connectivity index (χ2v) is 6.63. The summed E-state index contributed by atoms with van der Waals surface area (Å²) in [7, 11) is 0. The Morgan fingerprint density at radius 1 is 0.581 bits per heavy atom. The largest absolute Gasteiger partial charge is 0.460 e. The molecule has 0 aliphatic rings. The summed E-state index contributed by atoms with van der Waals surface area (Å²) in [5.41, 5.74) is 0.681. The van der Waals surface area contributed by atoms with Gasteiger partial charge in [0.05, 0.1) is 6.10 Å². The highest BCUT2D eigenvalue weighted by Crippen LogP contribution is 2.58. The lowest BCUT2D eigenvalue weighted by Crippen LogP contribution is -2.66. The van der Waals surface area contributed by atoms with E-state index in [-0.39, 0.29) is 0 Å². The number of aliphatic hydroxyl groups excluding tert-OH is 1. The van der Waals surface area contributed by atoms with Gasteiger partial charge in [-0.05, 0) is 16.7 Å². The maximum atomic E-state index is 13.8. The lowest BCUT2D eigenvalue weighted by Gasteiger charge is -2.37. The van der Waals surface area contributed by atoms with Crippen LogP contribution in [0.3, 0.4) is 0 Å². The van der Waals surface area contributed by atoms with Crippen molar-refractivity contribution in [2.75, 3.05) is 0 Å². The van der Waals surface area contributed by atoms with E-state index in [0.717, 1.165) is 12.1 Å². The molecule has 0 heterocycles. The fourth-order valence-electron chi connectivity index (χ4n) is 2.62. The minimum Gasteiger partial charge on any atom is -0.388 e. The van der Waals surface area contributed by atoms with E-state index in [0.29, 0.717) is 11.1 Å². The molecular weight excluding hydrogens is 453 g/mol. The highest BCUT2D eigenvalue weighted by Gasteiger charge is 2.87. The third kappa shape index (κ3) is 4.35. The van der Waals surface area contributed by atoms with Gasteiger partial charge in [-0.1, -0.05) is 54.6 Å². The van der Waals surface area contributed by atoms with Gasteiger partial charge in [0, 0.05) is 6.42 Å². The summed E-state index contributed by atoms with van der Waals surface area (Å²) in [6.45, 7) is 0. The van der Waals surface area contributed by atoms with E-state index in [4.69, 9.17) is 0 Å². The normalized spacial score (nSPS) is 15.1. The summed E-state index contributed by atoms with van der Waals surface area (Å²) < 4.78 is 143. The van der Waals surface area contributed by atoms with E-state index in [1.165, 1.54) is 12.1 Å². The molecule has 31 heavy (non-hydrogen) atoms. The van der Waals surface area contributed by atoms with Crippen LogP contribution < -0.4 is 0 Å². The van der Waals surface area contributed by atoms with Crippen molar-refractivity contribution < 1.29 is 53.4 Å². The number of benzene rings is 2. The average molecular weight is 466 g/mol. The van der Waals surface area contributed by atoms with Crippen molar-refractivity contribution in [2.45, 2.75) is 42.4 Å². The number of halogens is 11. The van der Waals surface area contributed by atoms with Gasteiger partial charge in [-0.2, -0.15) is 48.3 Å². The highest BCUT2D eigenvalue weighted by atomic mass is 19.4. The first kappa shape index (κ1) is 24.9. The second-order valence-electron chi connectivity index (χ2n) is 6.63. The predicted molar refractivity (Wildman–Crippen MR) is 87.3 cm³/mol. The first-order chi connectivity index (χ1) is 14.0. The lowest BCUT2D eigenvalue weighted by atomic mass is 9.92. The van der Waals surface area contributed by atoms with Crippen LogP contribution in [0.4, 0.5) is 48.3 Å². The zero-order valence-corrected chi connectivity index (χ0v) is 15.1. The molecule has 0 bridgehead atoms. The number of hydrogen-bond acceptors (Lipinski definition) is 1. The zero-order valence-electron chi connectivity index (χ0n) is 15.1. The van der Waals surface area contributed by atoms with Crippen LogP contribution >= 0.6 is 0 Å². The number of rotatable bonds is 7. The third-order valence-corrected chi connectivity index (χ3v) is 4.46. The van der Waals surface area contributed by atoms with Crippen molar-refractivity contribution in [1.82, 2.24) is 0 Å². The van der Waals surface area contributed by atoms with E-state index in [1.807, 2.05) is 0 Å². The molecule has 0 saturated heterocycles. The maximum absolute atomic E-state index is 13.8.